The Kier molecular flexibility index (Phi) is 6.18. The van der Waals surface area contributed by atoms with Crippen molar-refractivity contribution in [3.05, 3.63) is 69.9 Å². The number of furan rings is 2. The Hall–Kier alpha value is -2.74. The standard InChI is InChI=1S/C19H21N3O4S/c1-13-16(18(24)21-19(20-13)27-2)7-8-17(23)22(11-14-5-3-9-25-14)12-15-6-4-10-26-15/h3-6,9-10H,7-8,11-12H2,1-2H3,(H,20,21,24). The molecule has 7 nitrogen and oxygen atoms in total. The topological polar surface area (TPSA) is 92.3 Å². The monoisotopic (exact) mass is 387 g/mol. The van der Waals surface area contributed by atoms with Crippen LogP contribution in [0.1, 0.15) is 29.2 Å². The van der Waals surface area contributed by atoms with Gasteiger partial charge in [0.2, 0.25) is 5.91 Å². The van der Waals surface area contributed by atoms with Gasteiger partial charge in [-0.3, -0.25) is 9.59 Å². The molecule has 0 saturated carbocycles. The molecule has 3 rings (SSSR count). The molecule has 0 aliphatic rings. The van der Waals surface area contributed by atoms with Crippen LogP contribution in [0, 0.1) is 6.92 Å². The zero-order valence-electron chi connectivity index (χ0n) is 15.2. The number of amides is 1. The highest BCUT2D eigenvalue weighted by molar-refractivity contribution is 7.98. The fraction of sp³-hybridized carbons (Fsp3) is 0.316. The third-order valence-corrected chi connectivity index (χ3v) is 4.77. The fourth-order valence-electron chi connectivity index (χ4n) is 2.78. The number of carbonyl (C=O) groups is 1. The van der Waals surface area contributed by atoms with Gasteiger partial charge in [0.25, 0.3) is 5.56 Å². The summed E-state index contributed by atoms with van der Waals surface area (Å²) in [5.41, 5.74) is 1.000. The Labute approximate surface area is 160 Å². The lowest BCUT2D eigenvalue weighted by Crippen LogP contribution is -2.30. The number of rotatable bonds is 8. The molecule has 1 amide bonds. The molecule has 0 saturated heterocycles. The molecule has 0 aromatic carbocycles. The summed E-state index contributed by atoms with van der Waals surface area (Å²) in [5.74, 6) is 1.29. The van der Waals surface area contributed by atoms with Gasteiger partial charge in [0.05, 0.1) is 25.6 Å². The minimum atomic E-state index is -0.191. The van der Waals surface area contributed by atoms with Crippen molar-refractivity contribution in [3.8, 4) is 0 Å². The fourth-order valence-corrected chi connectivity index (χ4v) is 3.20. The van der Waals surface area contributed by atoms with Crippen molar-refractivity contribution in [3.63, 3.8) is 0 Å². The Morgan fingerprint density at radius 2 is 1.81 bits per heavy atom. The lowest BCUT2D eigenvalue weighted by atomic mass is 10.1. The van der Waals surface area contributed by atoms with Crippen LogP contribution in [-0.4, -0.2) is 27.0 Å². The Balaban J connectivity index is 1.71. The first kappa shape index (κ1) is 19.0. The van der Waals surface area contributed by atoms with Crippen LogP contribution in [0.3, 0.4) is 0 Å². The van der Waals surface area contributed by atoms with E-state index in [4.69, 9.17) is 8.83 Å². The molecule has 0 fully saturated rings. The van der Waals surface area contributed by atoms with E-state index < -0.39 is 0 Å². The second-order valence-corrected chi connectivity index (χ2v) is 6.84. The molecule has 0 spiro atoms. The van der Waals surface area contributed by atoms with Gasteiger partial charge in [0.1, 0.15) is 11.5 Å². The van der Waals surface area contributed by atoms with Crippen LogP contribution >= 0.6 is 11.8 Å². The number of aryl methyl sites for hydroxylation is 1. The summed E-state index contributed by atoms with van der Waals surface area (Å²) in [4.78, 5) is 33.8. The number of hydrogen-bond donors (Lipinski definition) is 1. The van der Waals surface area contributed by atoms with Crippen molar-refractivity contribution in [1.82, 2.24) is 14.9 Å². The quantitative estimate of drug-likeness (QED) is 0.471. The zero-order chi connectivity index (χ0) is 19.2. The van der Waals surface area contributed by atoms with Crippen LogP contribution in [0.4, 0.5) is 0 Å². The normalized spacial score (nSPS) is 10.9. The Morgan fingerprint density at radius 3 is 2.30 bits per heavy atom. The average molecular weight is 387 g/mol. The predicted octanol–water partition coefficient (Wildman–Crippen LogP) is 3.15. The number of nitrogens with zero attached hydrogens (tertiary/aromatic N) is 2. The average Bonchev–Trinajstić information content (AvgIpc) is 3.34. The van der Waals surface area contributed by atoms with Gasteiger partial charge in [-0.2, -0.15) is 0 Å². The van der Waals surface area contributed by atoms with E-state index in [0.29, 0.717) is 47.4 Å². The van der Waals surface area contributed by atoms with Crippen molar-refractivity contribution in [2.75, 3.05) is 6.26 Å². The third kappa shape index (κ3) is 4.91. The van der Waals surface area contributed by atoms with E-state index in [1.54, 1.807) is 36.5 Å². The Bertz CT molecular complexity index is 896. The van der Waals surface area contributed by atoms with Crippen molar-refractivity contribution >= 4 is 17.7 Å². The maximum absolute atomic E-state index is 12.8. The van der Waals surface area contributed by atoms with Crippen LogP contribution in [0.25, 0.3) is 0 Å². The molecule has 0 radical (unpaired) electrons. The first-order valence-corrected chi connectivity index (χ1v) is 9.75. The summed E-state index contributed by atoms with van der Waals surface area (Å²) in [6.45, 7) is 2.47. The van der Waals surface area contributed by atoms with Gasteiger partial charge in [0.15, 0.2) is 5.16 Å². The van der Waals surface area contributed by atoms with Crippen molar-refractivity contribution in [2.24, 2.45) is 0 Å². The maximum atomic E-state index is 12.8. The Morgan fingerprint density at radius 1 is 1.19 bits per heavy atom. The molecular formula is C19H21N3O4S. The second-order valence-electron chi connectivity index (χ2n) is 6.05. The number of nitrogens with one attached hydrogen (secondary N) is 1. The molecule has 27 heavy (non-hydrogen) atoms. The van der Waals surface area contributed by atoms with Crippen LogP contribution in [0.5, 0.6) is 0 Å². The smallest absolute Gasteiger partial charge is 0.254 e. The second kappa shape index (κ2) is 8.77. The van der Waals surface area contributed by atoms with E-state index in [-0.39, 0.29) is 17.9 Å². The number of hydrogen-bond acceptors (Lipinski definition) is 6. The molecule has 142 valence electrons. The number of carbonyl (C=O) groups excluding carboxylic acids is 1. The summed E-state index contributed by atoms with van der Waals surface area (Å²) in [6.07, 6.45) is 5.53. The van der Waals surface area contributed by atoms with Gasteiger partial charge in [-0.25, -0.2) is 4.98 Å². The van der Waals surface area contributed by atoms with Gasteiger partial charge < -0.3 is 18.7 Å². The van der Waals surface area contributed by atoms with E-state index in [2.05, 4.69) is 9.97 Å². The molecule has 0 aliphatic carbocycles. The molecule has 3 heterocycles. The molecule has 0 unspecified atom stereocenters. The SMILES string of the molecule is CSc1nc(C)c(CCC(=O)N(Cc2ccco2)Cc2ccco2)c(=O)[nH]1. The highest BCUT2D eigenvalue weighted by Gasteiger charge is 2.18. The molecule has 1 N–H and O–H groups in total. The zero-order valence-corrected chi connectivity index (χ0v) is 16.0. The van der Waals surface area contributed by atoms with Gasteiger partial charge in [-0.1, -0.05) is 11.8 Å². The minimum Gasteiger partial charge on any atom is -0.467 e. The molecule has 0 aliphatic heterocycles. The summed E-state index contributed by atoms with van der Waals surface area (Å²) in [7, 11) is 0. The maximum Gasteiger partial charge on any atom is 0.254 e. The molecule has 0 bridgehead atoms. The lowest BCUT2D eigenvalue weighted by Gasteiger charge is -2.20. The summed E-state index contributed by atoms with van der Waals surface area (Å²) in [5, 5.41) is 0.574. The number of H-pyrrole nitrogens is 1. The van der Waals surface area contributed by atoms with E-state index in [9.17, 15) is 9.59 Å². The molecule has 3 aromatic rings. The van der Waals surface area contributed by atoms with E-state index in [0.717, 1.165) is 0 Å². The minimum absolute atomic E-state index is 0.0875. The highest BCUT2D eigenvalue weighted by atomic mass is 32.2. The van der Waals surface area contributed by atoms with Crippen molar-refractivity contribution in [1.29, 1.82) is 0 Å². The van der Waals surface area contributed by atoms with Crippen molar-refractivity contribution in [2.45, 2.75) is 38.0 Å². The van der Waals surface area contributed by atoms with Crippen LogP contribution in [-0.2, 0) is 24.3 Å². The molecular weight excluding hydrogens is 366 g/mol. The highest BCUT2D eigenvalue weighted by Crippen LogP contribution is 2.14. The molecule has 8 heteroatoms. The van der Waals surface area contributed by atoms with Gasteiger partial charge in [0, 0.05) is 17.7 Å². The predicted molar refractivity (Wildman–Crippen MR) is 101 cm³/mol. The molecule has 3 aromatic heterocycles. The van der Waals surface area contributed by atoms with Crippen LogP contribution < -0.4 is 5.56 Å². The number of aromatic amines is 1. The van der Waals surface area contributed by atoms with E-state index in [1.807, 2.05) is 18.4 Å². The van der Waals surface area contributed by atoms with Crippen LogP contribution in [0.15, 0.2) is 55.6 Å². The summed E-state index contributed by atoms with van der Waals surface area (Å²) >= 11 is 1.38. The van der Waals surface area contributed by atoms with Gasteiger partial charge in [-0.05, 0) is 43.9 Å². The lowest BCUT2D eigenvalue weighted by molar-refractivity contribution is -0.133. The largest absolute Gasteiger partial charge is 0.467 e. The summed E-state index contributed by atoms with van der Waals surface area (Å²) < 4.78 is 10.7. The third-order valence-electron chi connectivity index (χ3n) is 4.19. The van der Waals surface area contributed by atoms with E-state index >= 15 is 0 Å². The van der Waals surface area contributed by atoms with Crippen LogP contribution in [0.2, 0.25) is 0 Å². The van der Waals surface area contributed by atoms with Gasteiger partial charge in [-0.15, -0.1) is 0 Å². The van der Waals surface area contributed by atoms with Gasteiger partial charge >= 0.3 is 0 Å². The molecule has 0 atom stereocenters. The van der Waals surface area contributed by atoms with Crippen molar-refractivity contribution < 1.29 is 13.6 Å². The number of thioether (sulfide) groups is 1. The summed E-state index contributed by atoms with van der Waals surface area (Å²) in [6, 6.07) is 7.21. The first-order valence-electron chi connectivity index (χ1n) is 8.53. The van der Waals surface area contributed by atoms with E-state index in [1.165, 1.54) is 11.8 Å². The number of aromatic nitrogens is 2. The first-order chi connectivity index (χ1) is 13.1.